The smallest absolute Gasteiger partial charge is 0.161 e. The first-order valence-electron chi connectivity index (χ1n) is 18.0. The Kier molecular flexibility index (Phi) is 6.01. The molecule has 0 saturated heterocycles. The average molecular weight is 664 g/mol. The van der Waals surface area contributed by atoms with Crippen LogP contribution in [0.25, 0.3) is 93.7 Å². The molecule has 0 radical (unpaired) electrons. The Morgan fingerprint density at radius 2 is 1.17 bits per heavy atom. The van der Waals surface area contributed by atoms with Crippen LogP contribution >= 0.6 is 0 Å². The number of hydrogen-bond donors (Lipinski definition) is 0. The van der Waals surface area contributed by atoms with Crippen molar-refractivity contribution >= 4 is 54.3 Å². The summed E-state index contributed by atoms with van der Waals surface area (Å²) < 4.78 is 2.48. The zero-order valence-electron chi connectivity index (χ0n) is 28.9. The van der Waals surface area contributed by atoms with Crippen LogP contribution in [0.2, 0.25) is 0 Å². The first-order chi connectivity index (χ1) is 25.6. The predicted molar refractivity (Wildman–Crippen MR) is 217 cm³/mol. The topological polar surface area (TPSA) is 30.7 Å². The summed E-state index contributed by atoms with van der Waals surface area (Å²) in [7, 11) is 0. The minimum atomic E-state index is -0.139. The maximum Gasteiger partial charge on any atom is 0.161 e. The molecule has 10 aromatic rings. The molecule has 8 aromatic carbocycles. The van der Waals surface area contributed by atoms with Gasteiger partial charge in [0.1, 0.15) is 0 Å². The van der Waals surface area contributed by atoms with Crippen LogP contribution in [0.5, 0.6) is 0 Å². The fraction of sp³-hybridized carbons (Fsp3) is 0.0612. The summed E-state index contributed by atoms with van der Waals surface area (Å²) in [6, 6.07) is 59.2. The van der Waals surface area contributed by atoms with E-state index in [0.29, 0.717) is 0 Å². The van der Waals surface area contributed by atoms with Crippen LogP contribution < -0.4 is 0 Å². The second kappa shape index (κ2) is 10.7. The Hall–Kier alpha value is -6.58. The lowest BCUT2D eigenvalue weighted by atomic mass is 9.82. The normalized spacial score (nSPS) is 13.3. The van der Waals surface area contributed by atoms with Gasteiger partial charge in [0.15, 0.2) is 5.82 Å². The summed E-state index contributed by atoms with van der Waals surface area (Å²) in [6.07, 6.45) is 0. The van der Waals surface area contributed by atoms with E-state index in [1.54, 1.807) is 0 Å². The van der Waals surface area contributed by atoms with E-state index < -0.39 is 0 Å². The largest absolute Gasteiger partial charge is 0.309 e. The van der Waals surface area contributed by atoms with Gasteiger partial charge in [0.2, 0.25) is 0 Å². The van der Waals surface area contributed by atoms with Crippen molar-refractivity contribution in [3.05, 3.63) is 175 Å². The van der Waals surface area contributed by atoms with Crippen molar-refractivity contribution in [1.29, 1.82) is 0 Å². The first-order valence-corrected chi connectivity index (χ1v) is 18.0. The summed E-state index contributed by atoms with van der Waals surface area (Å²) in [5.41, 5.74) is 12.9. The highest BCUT2D eigenvalue weighted by molar-refractivity contribution is 6.15. The molecule has 3 heteroatoms. The molecule has 11 rings (SSSR count). The molecule has 0 bridgehead atoms. The fourth-order valence-electron chi connectivity index (χ4n) is 8.92. The van der Waals surface area contributed by atoms with Gasteiger partial charge in [-0.05, 0) is 68.7 Å². The highest BCUT2D eigenvalue weighted by Gasteiger charge is 2.37. The van der Waals surface area contributed by atoms with Gasteiger partial charge in [0.25, 0.3) is 0 Å². The standard InChI is InChI=1S/C49H33N3/c1-49(2)40-27-26-30-14-6-7-17-32(30)46(40)39-28-38-35-18-9-11-24-43(35)52(45(38)29-41(39)49)44-25-13-20-33-34(44)21-12-22-36(33)48-50-42-23-10-8-19-37(42)47(51-48)31-15-4-3-5-16-31/h3-29H,1-2H3. The third-order valence-electron chi connectivity index (χ3n) is 11.4. The van der Waals surface area contributed by atoms with Crippen molar-refractivity contribution < 1.29 is 0 Å². The van der Waals surface area contributed by atoms with E-state index in [1.807, 2.05) is 6.07 Å². The molecular weight excluding hydrogens is 631 g/mol. The van der Waals surface area contributed by atoms with Crippen molar-refractivity contribution in [3.63, 3.8) is 0 Å². The number of nitrogens with zero attached hydrogens (tertiary/aromatic N) is 3. The van der Waals surface area contributed by atoms with Gasteiger partial charge < -0.3 is 4.57 Å². The molecule has 2 heterocycles. The molecule has 2 aromatic heterocycles. The Morgan fingerprint density at radius 1 is 0.462 bits per heavy atom. The highest BCUT2D eigenvalue weighted by atomic mass is 15.0. The number of rotatable bonds is 3. The molecule has 0 N–H and O–H groups in total. The molecule has 244 valence electrons. The van der Waals surface area contributed by atoms with Crippen LogP contribution in [0, 0.1) is 0 Å². The Balaban J connectivity index is 1.18. The van der Waals surface area contributed by atoms with E-state index in [1.165, 1.54) is 54.8 Å². The number of para-hydroxylation sites is 2. The van der Waals surface area contributed by atoms with Crippen LogP contribution in [0.4, 0.5) is 0 Å². The van der Waals surface area contributed by atoms with Crippen molar-refractivity contribution in [2.45, 2.75) is 19.3 Å². The molecule has 0 aliphatic heterocycles. The molecule has 0 saturated carbocycles. The molecule has 0 amide bonds. The van der Waals surface area contributed by atoms with E-state index in [-0.39, 0.29) is 5.41 Å². The zero-order valence-corrected chi connectivity index (χ0v) is 28.9. The summed E-state index contributed by atoms with van der Waals surface area (Å²) in [4.78, 5) is 10.4. The van der Waals surface area contributed by atoms with Gasteiger partial charge in [-0.3, -0.25) is 0 Å². The molecule has 0 unspecified atom stereocenters. The van der Waals surface area contributed by atoms with Gasteiger partial charge in [-0.1, -0.05) is 147 Å². The van der Waals surface area contributed by atoms with Crippen LogP contribution in [0.3, 0.4) is 0 Å². The van der Waals surface area contributed by atoms with Crippen LogP contribution in [0.1, 0.15) is 25.0 Å². The van der Waals surface area contributed by atoms with E-state index in [2.05, 4.69) is 176 Å². The predicted octanol–water partition coefficient (Wildman–Crippen LogP) is 12.7. The Morgan fingerprint density at radius 3 is 2.06 bits per heavy atom. The first kappa shape index (κ1) is 29.2. The summed E-state index contributed by atoms with van der Waals surface area (Å²) in [5.74, 6) is 0.729. The lowest BCUT2D eigenvalue weighted by molar-refractivity contribution is 0.661. The second-order valence-electron chi connectivity index (χ2n) is 14.6. The second-order valence-corrected chi connectivity index (χ2v) is 14.6. The van der Waals surface area contributed by atoms with Crippen LogP contribution in [-0.4, -0.2) is 14.5 Å². The van der Waals surface area contributed by atoms with Crippen molar-refractivity contribution in [3.8, 4) is 39.5 Å². The molecular formula is C49H33N3. The van der Waals surface area contributed by atoms with Gasteiger partial charge in [0, 0.05) is 38.1 Å². The summed E-state index contributed by atoms with van der Waals surface area (Å²) in [5, 5.41) is 8.47. The SMILES string of the molecule is CC1(C)c2cc3c(cc2-c2c1ccc1ccccc21)c1ccccc1n3-c1cccc2c(-c3nc(-c4ccccc4)c4ccccc4n3)cccc12. The van der Waals surface area contributed by atoms with Crippen molar-refractivity contribution in [2.75, 3.05) is 0 Å². The number of fused-ring (bicyclic) bond motifs is 10. The maximum atomic E-state index is 5.26. The third kappa shape index (κ3) is 4.02. The third-order valence-corrected chi connectivity index (χ3v) is 11.4. The molecule has 3 nitrogen and oxygen atoms in total. The Labute approximate surface area is 301 Å². The summed E-state index contributed by atoms with van der Waals surface area (Å²) in [6.45, 7) is 4.76. The highest BCUT2D eigenvalue weighted by Crippen LogP contribution is 2.53. The average Bonchev–Trinajstić information content (AvgIpc) is 3.64. The Bertz CT molecular complexity index is 3100. The minimum Gasteiger partial charge on any atom is -0.309 e. The molecule has 52 heavy (non-hydrogen) atoms. The van der Waals surface area contributed by atoms with Crippen molar-refractivity contribution in [2.24, 2.45) is 0 Å². The van der Waals surface area contributed by atoms with Gasteiger partial charge in [-0.15, -0.1) is 0 Å². The maximum absolute atomic E-state index is 5.26. The lowest BCUT2D eigenvalue weighted by Crippen LogP contribution is -2.15. The number of hydrogen-bond acceptors (Lipinski definition) is 2. The molecule has 1 aliphatic rings. The van der Waals surface area contributed by atoms with Gasteiger partial charge in [-0.25, -0.2) is 9.97 Å². The fourth-order valence-corrected chi connectivity index (χ4v) is 8.92. The molecule has 0 spiro atoms. The zero-order chi connectivity index (χ0) is 34.6. The quantitative estimate of drug-likeness (QED) is 0.188. The van der Waals surface area contributed by atoms with E-state index in [9.17, 15) is 0 Å². The molecule has 0 atom stereocenters. The monoisotopic (exact) mass is 663 g/mol. The minimum absolute atomic E-state index is 0.139. The van der Waals surface area contributed by atoms with E-state index in [4.69, 9.17) is 9.97 Å². The lowest BCUT2D eigenvalue weighted by Gasteiger charge is -2.22. The molecule has 0 fully saturated rings. The van der Waals surface area contributed by atoms with Gasteiger partial charge in [-0.2, -0.15) is 0 Å². The van der Waals surface area contributed by atoms with Gasteiger partial charge >= 0.3 is 0 Å². The van der Waals surface area contributed by atoms with E-state index in [0.717, 1.165) is 50.0 Å². The number of benzene rings is 8. The summed E-state index contributed by atoms with van der Waals surface area (Å²) >= 11 is 0. The van der Waals surface area contributed by atoms with E-state index >= 15 is 0 Å². The van der Waals surface area contributed by atoms with Gasteiger partial charge in [0.05, 0.1) is 27.9 Å². The number of aromatic nitrogens is 3. The van der Waals surface area contributed by atoms with Crippen molar-refractivity contribution in [1.82, 2.24) is 14.5 Å². The molecule has 1 aliphatic carbocycles. The van der Waals surface area contributed by atoms with Crippen LogP contribution in [0.15, 0.2) is 164 Å². The van der Waals surface area contributed by atoms with Crippen LogP contribution in [-0.2, 0) is 5.41 Å².